The fourth-order valence-electron chi connectivity index (χ4n) is 10.4. The monoisotopic (exact) mass is 1160 g/mol. The minimum absolute atomic E-state index is 0.0788. The maximum Gasteiger partial charge on any atom is 0.306 e. The number of allylic oxidation sites excluding steroid dienone is 14. The zero-order chi connectivity index (χ0) is 59.9. The molecule has 0 rings (SSSR count). The van der Waals surface area contributed by atoms with Crippen LogP contribution in [0.4, 0.5) is 0 Å². The van der Waals surface area contributed by atoms with Gasteiger partial charge in [0.2, 0.25) is 0 Å². The second-order valence-electron chi connectivity index (χ2n) is 24.1. The van der Waals surface area contributed by atoms with Crippen molar-refractivity contribution in [1.29, 1.82) is 0 Å². The van der Waals surface area contributed by atoms with Gasteiger partial charge in [-0.2, -0.15) is 0 Å². The highest BCUT2D eigenvalue weighted by Crippen LogP contribution is 2.17. The Labute approximate surface area is 515 Å². The van der Waals surface area contributed by atoms with Crippen molar-refractivity contribution >= 4 is 17.9 Å². The van der Waals surface area contributed by atoms with Gasteiger partial charge in [-0.15, -0.1) is 0 Å². The summed E-state index contributed by atoms with van der Waals surface area (Å²) in [6, 6.07) is 0. The molecule has 1 unspecified atom stereocenters. The predicted octanol–water partition coefficient (Wildman–Crippen LogP) is 25.0. The molecule has 6 nitrogen and oxygen atoms in total. The van der Waals surface area contributed by atoms with Crippen LogP contribution in [0.1, 0.15) is 367 Å². The number of hydrogen-bond acceptors (Lipinski definition) is 6. The van der Waals surface area contributed by atoms with Crippen LogP contribution in [0.5, 0.6) is 0 Å². The normalized spacial score (nSPS) is 12.6. The van der Waals surface area contributed by atoms with Crippen LogP contribution in [0.2, 0.25) is 0 Å². The van der Waals surface area contributed by atoms with Gasteiger partial charge >= 0.3 is 17.9 Å². The summed E-state index contributed by atoms with van der Waals surface area (Å²) in [5, 5.41) is 0. The highest BCUT2D eigenvalue weighted by Gasteiger charge is 2.19. The molecule has 0 aliphatic carbocycles. The third-order valence-electron chi connectivity index (χ3n) is 15.8. The third-order valence-corrected chi connectivity index (χ3v) is 15.8. The van der Waals surface area contributed by atoms with Crippen LogP contribution in [0, 0.1) is 0 Å². The van der Waals surface area contributed by atoms with E-state index in [0.29, 0.717) is 19.3 Å². The highest BCUT2D eigenvalue weighted by molar-refractivity contribution is 5.71. The van der Waals surface area contributed by atoms with Crippen molar-refractivity contribution in [1.82, 2.24) is 0 Å². The predicted molar refractivity (Wildman–Crippen MR) is 362 cm³/mol. The van der Waals surface area contributed by atoms with E-state index in [1.165, 1.54) is 238 Å². The Kier molecular flexibility index (Phi) is 68.2. The number of unbranched alkanes of at least 4 members (excludes halogenated alkanes) is 41. The minimum Gasteiger partial charge on any atom is -0.462 e. The zero-order valence-corrected chi connectivity index (χ0v) is 55.2. The molecule has 0 N–H and O–H groups in total. The van der Waals surface area contributed by atoms with Crippen LogP contribution < -0.4 is 0 Å². The van der Waals surface area contributed by atoms with Crippen molar-refractivity contribution in [2.24, 2.45) is 0 Å². The van der Waals surface area contributed by atoms with E-state index < -0.39 is 6.10 Å². The summed E-state index contributed by atoms with van der Waals surface area (Å²) in [5.41, 5.74) is 0. The van der Waals surface area contributed by atoms with Crippen LogP contribution in [0.3, 0.4) is 0 Å². The Hall–Kier alpha value is -3.41. The minimum atomic E-state index is -0.783. The lowest BCUT2D eigenvalue weighted by Gasteiger charge is -2.18. The first-order valence-corrected chi connectivity index (χ1v) is 36.1. The Bertz CT molecular complexity index is 1570. The van der Waals surface area contributed by atoms with E-state index in [2.05, 4.69) is 106 Å². The molecular formula is C77H136O6. The molecule has 0 amide bonds. The van der Waals surface area contributed by atoms with Crippen molar-refractivity contribution in [2.45, 2.75) is 374 Å². The summed E-state index contributed by atoms with van der Waals surface area (Å²) >= 11 is 0. The van der Waals surface area contributed by atoms with Gasteiger partial charge in [-0.3, -0.25) is 14.4 Å². The summed E-state index contributed by atoms with van der Waals surface area (Å²) in [5.74, 6) is -0.877. The number of carbonyl (C=O) groups is 3. The van der Waals surface area contributed by atoms with Gasteiger partial charge in [0.25, 0.3) is 0 Å². The average molecular weight is 1160 g/mol. The molecule has 0 spiro atoms. The smallest absolute Gasteiger partial charge is 0.306 e. The lowest BCUT2D eigenvalue weighted by atomic mass is 10.0. The van der Waals surface area contributed by atoms with Gasteiger partial charge < -0.3 is 14.2 Å². The van der Waals surface area contributed by atoms with Gasteiger partial charge in [0.15, 0.2) is 6.10 Å². The van der Waals surface area contributed by atoms with Gasteiger partial charge in [-0.05, 0) is 116 Å². The standard InChI is InChI=1S/C77H136O6/c1-4-7-10-13-16-19-22-24-26-28-30-32-34-36-37-38-39-41-42-44-46-48-50-52-55-58-61-64-67-70-76(79)82-73-74(72-81-75(78)69-66-63-60-57-54-21-18-15-12-9-6-3)83-77(80)71-68-65-62-59-56-53-51-49-47-45-43-40-35-33-31-29-27-25-23-20-17-14-11-8-5-2/h15,18,22-25,28-31,34-36,40,74H,4-14,16-17,19-21,26-27,32-33,37-39,41-73H2,1-3H3/b18-15-,24-22-,25-23-,30-28-,31-29-,36-34-,40-35-. The average Bonchev–Trinajstić information content (AvgIpc) is 3.48. The van der Waals surface area contributed by atoms with Crippen molar-refractivity contribution < 1.29 is 28.6 Å². The van der Waals surface area contributed by atoms with E-state index in [1.54, 1.807) is 0 Å². The van der Waals surface area contributed by atoms with Gasteiger partial charge in [-0.25, -0.2) is 0 Å². The molecule has 0 aromatic rings. The first kappa shape index (κ1) is 79.6. The second-order valence-corrected chi connectivity index (χ2v) is 24.1. The number of ether oxygens (including phenoxy) is 3. The van der Waals surface area contributed by atoms with Crippen LogP contribution in [-0.2, 0) is 28.6 Å². The summed E-state index contributed by atoms with van der Waals surface area (Å²) < 4.78 is 17.0. The lowest BCUT2D eigenvalue weighted by Crippen LogP contribution is -2.30. The Morgan fingerprint density at radius 3 is 0.723 bits per heavy atom. The molecule has 0 aliphatic heterocycles. The highest BCUT2D eigenvalue weighted by atomic mass is 16.6. The summed E-state index contributed by atoms with van der Waals surface area (Å²) in [4.78, 5) is 38.4. The molecule has 0 heterocycles. The van der Waals surface area contributed by atoms with Crippen molar-refractivity contribution in [3.05, 3.63) is 85.1 Å². The maximum absolute atomic E-state index is 12.9. The Morgan fingerprint density at radius 1 is 0.241 bits per heavy atom. The van der Waals surface area contributed by atoms with E-state index in [1.807, 2.05) is 0 Å². The molecule has 0 aromatic carbocycles. The van der Waals surface area contributed by atoms with Crippen LogP contribution in [-0.4, -0.2) is 37.2 Å². The molecule has 0 aromatic heterocycles. The van der Waals surface area contributed by atoms with Crippen LogP contribution in [0.15, 0.2) is 85.1 Å². The van der Waals surface area contributed by atoms with E-state index in [4.69, 9.17) is 14.2 Å². The van der Waals surface area contributed by atoms with E-state index in [0.717, 1.165) is 89.9 Å². The van der Waals surface area contributed by atoms with Gasteiger partial charge in [0.05, 0.1) is 0 Å². The molecule has 0 saturated heterocycles. The first-order chi connectivity index (χ1) is 41.0. The molecule has 0 aliphatic rings. The topological polar surface area (TPSA) is 78.9 Å². The molecule has 1 atom stereocenters. The quantitative estimate of drug-likeness (QED) is 0.0261. The maximum atomic E-state index is 12.9. The van der Waals surface area contributed by atoms with Crippen molar-refractivity contribution in [3.8, 4) is 0 Å². The van der Waals surface area contributed by atoms with E-state index in [9.17, 15) is 14.4 Å². The van der Waals surface area contributed by atoms with Crippen LogP contribution >= 0.6 is 0 Å². The second kappa shape index (κ2) is 71.1. The third kappa shape index (κ3) is 69.3. The van der Waals surface area contributed by atoms with E-state index in [-0.39, 0.29) is 31.1 Å². The van der Waals surface area contributed by atoms with Crippen molar-refractivity contribution in [3.63, 3.8) is 0 Å². The Morgan fingerprint density at radius 2 is 0.446 bits per heavy atom. The molecule has 6 heteroatoms. The summed E-state index contributed by atoms with van der Waals surface area (Å²) in [6.07, 6.45) is 94.7. The SMILES string of the molecule is CCCC/C=C\CCCCCCCC(=O)OCC(COC(=O)CCCCCCCCCCCCCCCC/C=C\C/C=C\C/C=C\CCCCCCC)OC(=O)CCCCCCCCCCCC/C=C\C/C=C\C/C=C\CCCCCCC. The summed E-state index contributed by atoms with van der Waals surface area (Å²) in [7, 11) is 0. The number of carbonyl (C=O) groups excluding carboxylic acids is 3. The molecular weight excluding hydrogens is 1020 g/mol. The largest absolute Gasteiger partial charge is 0.462 e. The van der Waals surface area contributed by atoms with Gasteiger partial charge in [0.1, 0.15) is 13.2 Å². The first-order valence-electron chi connectivity index (χ1n) is 36.1. The molecule has 83 heavy (non-hydrogen) atoms. The number of rotatable bonds is 66. The van der Waals surface area contributed by atoms with Gasteiger partial charge in [0, 0.05) is 19.3 Å². The Balaban J connectivity index is 4.21. The van der Waals surface area contributed by atoms with Crippen molar-refractivity contribution in [2.75, 3.05) is 13.2 Å². The molecule has 0 fully saturated rings. The molecule has 0 saturated carbocycles. The van der Waals surface area contributed by atoms with Crippen LogP contribution in [0.25, 0.3) is 0 Å². The zero-order valence-electron chi connectivity index (χ0n) is 55.2. The molecule has 480 valence electrons. The van der Waals surface area contributed by atoms with Gasteiger partial charge in [-0.1, -0.05) is 318 Å². The number of hydrogen-bond donors (Lipinski definition) is 0. The molecule has 0 radical (unpaired) electrons. The summed E-state index contributed by atoms with van der Waals surface area (Å²) in [6.45, 7) is 6.61. The fourth-order valence-corrected chi connectivity index (χ4v) is 10.4. The molecule has 0 bridgehead atoms. The fraction of sp³-hybridized carbons (Fsp3) is 0.779. The lowest BCUT2D eigenvalue weighted by molar-refractivity contribution is -0.167. The van der Waals surface area contributed by atoms with E-state index >= 15 is 0 Å². The number of esters is 3.